The van der Waals surface area contributed by atoms with Gasteiger partial charge in [-0.05, 0) is 0 Å². The summed E-state index contributed by atoms with van der Waals surface area (Å²) in [6.45, 7) is -3.10. The summed E-state index contributed by atoms with van der Waals surface area (Å²) >= 11 is 0. The van der Waals surface area contributed by atoms with Crippen molar-refractivity contribution in [3.05, 3.63) is 0 Å². The highest BCUT2D eigenvalue weighted by molar-refractivity contribution is 4.84. The molecular weight excluding hydrogens is 328 g/mol. The summed E-state index contributed by atoms with van der Waals surface area (Å²) in [6.07, 6.45) is -28.3. The minimum Gasteiger partial charge on any atom is -0.311 e. The van der Waals surface area contributed by atoms with Crippen LogP contribution in [-0.2, 0) is 4.74 Å². The molecule has 0 amide bonds. The SMILES string of the molecule is FC(C(F)(F)F)C(F)(F)COC(F)(F)C(F)C(F)(F)F. The van der Waals surface area contributed by atoms with Crippen molar-refractivity contribution in [2.75, 3.05) is 6.61 Å². The molecule has 2 atom stereocenters. The van der Waals surface area contributed by atoms with Gasteiger partial charge in [-0.3, -0.25) is 0 Å². The van der Waals surface area contributed by atoms with Gasteiger partial charge in [0.2, 0.25) is 0 Å². The number of ether oxygens (including phenoxy) is 1. The second-order valence-corrected chi connectivity index (χ2v) is 3.42. The molecule has 1 nitrogen and oxygen atoms in total. The van der Waals surface area contributed by atoms with E-state index in [0.717, 1.165) is 0 Å². The highest BCUT2D eigenvalue weighted by Gasteiger charge is 2.62. The van der Waals surface area contributed by atoms with E-state index in [1.165, 1.54) is 0 Å². The third kappa shape index (κ3) is 4.90. The van der Waals surface area contributed by atoms with Crippen molar-refractivity contribution in [3.8, 4) is 0 Å². The molecule has 0 fully saturated rings. The van der Waals surface area contributed by atoms with Crippen LogP contribution in [0, 0.1) is 0 Å². The van der Waals surface area contributed by atoms with Gasteiger partial charge in [-0.15, -0.1) is 0 Å². The molecule has 0 bridgehead atoms. The number of halogens is 12. The van der Waals surface area contributed by atoms with Crippen molar-refractivity contribution in [2.24, 2.45) is 0 Å². The van der Waals surface area contributed by atoms with Gasteiger partial charge in [-0.25, -0.2) is 17.6 Å². The molecule has 0 aromatic carbocycles. The molecule has 0 aromatic heterocycles. The molecule has 0 saturated heterocycles. The van der Waals surface area contributed by atoms with Gasteiger partial charge < -0.3 is 4.74 Å². The van der Waals surface area contributed by atoms with Crippen LogP contribution in [0.15, 0.2) is 0 Å². The molecule has 0 aromatic rings. The molecular formula is C7H4F12O. The van der Waals surface area contributed by atoms with E-state index in [-0.39, 0.29) is 0 Å². The summed E-state index contributed by atoms with van der Waals surface area (Å²) in [5.41, 5.74) is 0. The normalized spacial score (nSPS) is 18.0. The Labute approximate surface area is 102 Å². The predicted molar refractivity (Wildman–Crippen MR) is 37.7 cm³/mol. The third-order valence-electron chi connectivity index (χ3n) is 1.70. The van der Waals surface area contributed by atoms with E-state index in [2.05, 4.69) is 4.74 Å². The van der Waals surface area contributed by atoms with Crippen LogP contribution in [0.4, 0.5) is 52.7 Å². The van der Waals surface area contributed by atoms with Gasteiger partial charge in [0.1, 0.15) is 6.61 Å². The zero-order valence-electron chi connectivity index (χ0n) is 8.81. The zero-order chi connectivity index (χ0) is 16.6. The number of alkyl halides is 12. The van der Waals surface area contributed by atoms with Crippen molar-refractivity contribution >= 4 is 0 Å². The molecule has 2 unspecified atom stereocenters. The van der Waals surface area contributed by atoms with Crippen LogP contribution >= 0.6 is 0 Å². The Morgan fingerprint density at radius 2 is 1.00 bits per heavy atom. The van der Waals surface area contributed by atoms with Crippen LogP contribution in [0.5, 0.6) is 0 Å². The first-order valence-electron chi connectivity index (χ1n) is 4.33. The predicted octanol–water partition coefficient (Wildman–Crippen LogP) is 4.03. The van der Waals surface area contributed by atoms with E-state index in [4.69, 9.17) is 0 Å². The van der Waals surface area contributed by atoms with Crippen LogP contribution in [0.25, 0.3) is 0 Å². The molecule has 13 heteroatoms. The van der Waals surface area contributed by atoms with E-state index in [9.17, 15) is 52.7 Å². The average molecular weight is 332 g/mol. The van der Waals surface area contributed by atoms with Crippen LogP contribution in [-0.4, -0.2) is 43.3 Å². The second kappa shape index (κ2) is 5.48. The maximum absolute atomic E-state index is 12.4. The van der Waals surface area contributed by atoms with Crippen LogP contribution in [0.1, 0.15) is 0 Å². The van der Waals surface area contributed by atoms with Gasteiger partial charge >= 0.3 is 24.4 Å². The molecule has 0 saturated carbocycles. The lowest BCUT2D eigenvalue weighted by molar-refractivity contribution is -0.355. The molecule has 0 radical (unpaired) electrons. The maximum Gasteiger partial charge on any atom is 0.428 e. The van der Waals surface area contributed by atoms with E-state index in [0.29, 0.717) is 0 Å². The molecule has 0 spiro atoms. The van der Waals surface area contributed by atoms with Gasteiger partial charge in [0.15, 0.2) is 0 Å². The minimum atomic E-state index is -6.21. The summed E-state index contributed by atoms with van der Waals surface area (Å²) in [4.78, 5) is 0. The summed E-state index contributed by atoms with van der Waals surface area (Å²) in [7, 11) is 0. The fourth-order valence-electron chi connectivity index (χ4n) is 0.769. The number of hydrogen-bond acceptors (Lipinski definition) is 1. The Morgan fingerprint density at radius 1 is 0.650 bits per heavy atom. The standard InChI is InChI=1S/C7H4F12O/c8-2(5(12,13)14)4(10,11)1-20-7(18,19)3(9)6(15,16)17/h2-3H,1H2. The third-order valence-corrected chi connectivity index (χ3v) is 1.70. The van der Waals surface area contributed by atoms with Gasteiger partial charge in [-0.1, -0.05) is 0 Å². The van der Waals surface area contributed by atoms with Gasteiger partial charge in [-0.2, -0.15) is 35.1 Å². The molecule has 0 N–H and O–H groups in total. The van der Waals surface area contributed by atoms with Gasteiger partial charge in [0.05, 0.1) is 0 Å². The average Bonchev–Trinajstić information content (AvgIpc) is 2.22. The quantitative estimate of drug-likeness (QED) is 0.691. The van der Waals surface area contributed by atoms with Crippen molar-refractivity contribution < 1.29 is 57.4 Å². The molecule has 0 aliphatic rings. The Morgan fingerprint density at radius 3 is 1.30 bits per heavy atom. The number of rotatable bonds is 5. The van der Waals surface area contributed by atoms with Crippen molar-refractivity contribution in [1.82, 2.24) is 0 Å². The lowest BCUT2D eigenvalue weighted by Gasteiger charge is -2.27. The first kappa shape index (κ1) is 19.1. The first-order valence-corrected chi connectivity index (χ1v) is 4.33. The number of hydrogen-bond donors (Lipinski definition) is 0. The van der Waals surface area contributed by atoms with Crippen molar-refractivity contribution in [2.45, 2.75) is 36.7 Å². The molecule has 122 valence electrons. The van der Waals surface area contributed by atoms with E-state index < -0.39 is 43.3 Å². The molecule has 20 heavy (non-hydrogen) atoms. The Bertz CT molecular complexity index is 285. The Kier molecular flexibility index (Phi) is 5.24. The van der Waals surface area contributed by atoms with Crippen LogP contribution in [0.3, 0.4) is 0 Å². The largest absolute Gasteiger partial charge is 0.428 e. The molecule has 0 aliphatic carbocycles. The fraction of sp³-hybridized carbons (Fsp3) is 1.00. The van der Waals surface area contributed by atoms with E-state index >= 15 is 0 Å². The smallest absolute Gasteiger partial charge is 0.311 e. The lowest BCUT2D eigenvalue weighted by atomic mass is 10.2. The Hall–Kier alpha value is -0.880. The second-order valence-electron chi connectivity index (χ2n) is 3.42. The lowest BCUT2D eigenvalue weighted by Crippen LogP contribution is -2.49. The van der Waals surface area contributed by atoms with Crippen LogP contribution < -0.4 is 0 Å². The first-order chi connectivity index (χ1) is 8.52. The highest BCUT2D eigenvalue weighted by atomic mass is 19.4. The molecule has 0 aliphatic heterocycles. The molecule has 0 heterocycles. The van der Waals surface area contributed by atoms with Gasteiger partial charge in [0.25, 0.3) is 12.3 Å². The summed E-state index contributed by atoms with van der Waals surface area (Å²) in [6, 6.07) is 0. The Balaban J connectivity index is 4.84. The van der Waals surface area contributed by atoms with Crippen LogP contribution in [0.2, 0.25) is 0 Å². The minimum absolute atomic E-state index is 2.48. The topological polar surface area (TPSA) is 9.23 Å². The molecule has 0 rings (SSSR count). The zero-order valence-corrected chi connectivity index (χ0v) is 8.81. The maximum atomic E-state index is 12.4. The monoisotopic (exact) mass is 332 g/mol. The summed E-state index contributed by atoms with van der Waals surface area (Å²) < 4.78 is 146. The summed E-state index contributed by atoms with van der Waals surface area (Å²) in [5, 5.41) is 0. The van der Waals surface area contributed by atoms with E-state index in [1.807, 2.05) is 0 Å². The summed E-state index contributed by atoms with van der Waals surface area (Å²) in [5.74, 6) is -5.62. The van der Waals surface area contributed by atoms with Gasteiger partial charge in [0, 0.05) is 0 Å². The van der Waals surface area contributed by atoms with E-state index in [1.54, 1.807) is 0 Å². The van der Waals surface area contributed by atoms with Crippen molar-refractivity contribution in [3.63, 3.8) is 0 Å². The van der Waals surface area contributed by atoms with Crippen molar-refractivity contribution in [1.29, 1.82) is 0 Å². The fourth-order valence-corrected chi connectivity index (χ4v) is 0.769. The highest BCUT2D eigenvalue weighted by Crippen LogP contribution is 2.39.